The fourth-order valence-electron chi connectivity index (χ4n) is 4.68. The van der Waals surface area contributed by atoms with Gasteiger partial charge in [0, 0.05) is 23.7 Å². The molecule has 0 saturated carbocycles. The highest BCUT2D eigenvalue weighted by atomic mass is 32.2. The smallest absolute Gasteiger partial charge is 0.307 e. The van der Waals surface area contributed by atoms with Gasteiger partial charge in [-0.2, -0.15) is 0 Å². The lowest BCUT2D eigenvalue weighted by atomic mass is 9.97. The molecule has 4 aromatic carbocycles. The number of nitrogens with zero attached hydrogens (tertiary/aromatic N) is 1. The predicted molar refractivity (Wildman–Crippen MR) is 152 cm³/mol. The number of rotatable bonds is 10. The number of nitrogens with two attached hydrogens (primary N) is 1. The van der Waals surface area contributed by atoms with E-state index < -0.39 is 16.0 Å². The van der Waals surface area contributed by atoms with Gasteiger partial charge in [0.2, 0.25) is 10.0 Å². The summed E-state index contributed by atoms with van der Waals surface area (Å²) in [4.78, 5) is 11.3. The minimum absolute atomic E-state index is 0.125. The minimum atomic E-state index is -3.72. The van der Waals surface area contributed by atoms with Crippen LogP contribution in [0, 0.1) is 0 Å². The van der Waals surface area contributed by atoms with Crippen LogP contribution in [0.4, 0.5) is 0 Å². The topological polar surface area (TPSA) is 112 Å². The average Bonchev–Trinajstić information content (AvgIpc) is 3.37. The number of aromatic nitrogens is 1. The molecule has 1 heterocycles. The Morgan fingerprint density at radius 3 is 2.36 bits per heavy atom. The van der Waals surface area contributed by atoms with E-state index in [1.165, 1.54) is 3.97 Å². The van der Waals surface area contributed by atoms with Gasteiger partial charge in [-0.1, -0.05) is 66.7 Å². The fraction of sp³-hybridized carbons (Fsp3) is 0.129. The van der Waals surface area contributed by atoms with Gasteiger partial charge in [0.15, 0.2) is 0 Å². The van der Waals surface area contributed by atoms with E-state index in [4.69, 9.17) is 10.5 Å². The van der Waals surface area contributed by atoms with E-state index in [1.54, 1.807) is 42.6 Å². The fourth-order valence-corrected chi connectivity index (χ4v) is 6.13. The normalized spacial score (nSPS) is 11.5. The Labute approximate surface area is 227 Å². The van der Waals surface area contributed by atoms with Gasteiger partial charge in [-0.25, -0.2) is 12.4 Å². The molecule has 7 nitrogen and oxygen atoms in total. The van der Waals surface area contributed by atoms with Crippen molar-refractivity contribution < 1.29 is 23.1 Å². The molecule has 198 valence electrons. The molecule has 0 fully saturated rings. The van der Waals surface area contributed by atoms with Gasteiger partial charge in [-0.15, -0.1) is 0 Å². The highest BCUT2D eigenvalue weighted by molar-refractivity contribution is 7.89. The highest BCUT2D eigenvalue weighted by Gasteiger charge is 2.20. The van der Waals surface area contributed by atoms with Crippen LogP contribution in [0.2, 0.25) is 0 Å². The number of carboxylic acids is 1. The van der Waals surface area contributed by atoms with E-state index in [1.807, 2.05) is 60.7 Å². The number of ether oxygens (including phenoxy) is 1. The number of hydrogen-bond donors (Lipinski definition) is 2. The van der Waals surface area contributed by atoms with Crippen LogP contribution in [0.1, 0.15) is 22.3 Å². The lowest BCUT2D eigenvalue weighted by Gasteiger charge is -2.14. The summed E-state index contributed by atoms with van der Waals surface area (Å²) in [5.41, 5.74) is 11.2. The summed E-state index contributed by atoms with van der Waals surface area (Å²) in [5, 5.41) is 10.1. The van der Waals surface area contributed by atoms with Gasteiger partial charge in [0.1, 0.15) is 12.4 Å². The molecule has 0 aliphatic carbocycles. The van der Waals surface area contributed by atoms with Crippen molar-refractivity contribution in [1.29, 1.82) is 0 Å². The van der Waals surface area contributed by atoms with Crippen molar-refractivity contribution in [2.45, 2.75) is 25.3 Å². The third kappa shape index (κ3) is 5.87. The van der Waals surface area contributed by atoms with Crippen molar-refractivity contribution in [3.8, 4) is 16.9 Å². The summed E-state index contributed by atoms with van der Waals surface area (Å²) in [6, 6.07) is 29.5. The molecule has 0 bridgehead atoms. The summed E-state index contributed by atoms with van der Waals surface area (Å²) >= 11 is 0. The van der Waals surface area contributed by atoms with Crippen LogP contribution in [-0.2, 0) is 40.1 Å². The van der Waals surface area contributed by atoms with Crippen LogP contribution >= 0.6 is 0 Å². The Hall–Kier alpha value is -4.40. The number of para-hydroxylation sites is 1. The summed E-state index contributed by atoms with van der Waals surface area (Å²) in [7, 11) is -3.72. The van der Waals surface area contributed by atoms with Gasteiger partial charge in [0.05, 0.1) is 17.7 Å². The van der Waals surface area contributed by atoms with E-state index in [0.29, 0.717) is 28.9 Å². The molecule has 0 saturated heterocycles. The number of benzene rings is 4. The van der Waals surface area contributed by atoms with Gasteiger partial charge < -0.3 is 15.6 Å². The second-order valence-corrected chi connectivity index (χ2v) is 11.1. The standard InChI is InChI=1S/C31H28N2O5S/c32-19-23-9-6-11-25(15-23)28-16-24(20-38-30-12-5-4-10-26(30)18-31(34)35)17-29-27(28)13-14-33(29)39(36,37)21-22-7-2-1-3-8-22/h1-17H,18-21,32H2,(H,34,35). The molecule has 3 N–H and O–H groups in total. The molecule has 5 aromatic rings. The van der Waals surface area contributed by atoms with Crippen LogP contribution in [0.25, 0.3) is 22.0 Å². The average molecular weight is 541 g/mol. The zero-order chi connectivity index (χ0) is 27.4. The molecule has 8 heteroatoms. The number of aliphatic carboxylic acids is 1. The minimum Gasteiger partial charge on any atom is -0.489 e. The number of carbonyl (C=O) groups is 1. The summed E-state index contributed by atoms with van der Waals surface area (Å²) < 4.78 is 34.4. The number of hydrogen-bond acceptors (Lipinski definition) is 5. The van der Waals surface area contributed by atoms with E-state index in [9.17, 15) is 18.3 Å². The van der Waals surface area contributed by atoms with Crippen molar-refractivity contribution in [3.63, 3.8) is 0 Å². The maximum Gasteiger partial charge on any atom is 0.307 e. The molecule has 0 unspecified atom stereocenters. The third-order valence-electron chi connectivity index (χ3n) is 6.51. The molecule has 0 aliphatic heterocycles. The van der Waals surface area contributed by atoms with E-state index in [2.05, 4.69) is 0 Å². The monoisotopic (exact) mass is 540 g/mol. The summed E-state index contributed by atoms with van der Waals surface area (Å²) in [6.07, 6.45) is 1.43. The van der Waals surface area contributed by atoms with Crippen molar-refractivity contribution in [1.82, 2.24) is 3.97 Å². The number of fused-ring (bicyclic) bond motifs is 1. The molecule has 39 heavy (non-hydrogen) atoms. The molecular weight excluding hydrogens is 512 g/mol. The van der Waals surface area contributed by atoms with Gasteiger partial charge >= 0.3 is 5.97 Å². The first-order valence-corrected chi connectivity index (χ1v) is 14.1. The Bertz CT molecular complexity index is 1740. The highest BCUT2D eigenvalue weighted by Crippen LogP contribution is 2.33. The SMILES string of the molecule is NCc1cccc(-c2cc(COc3ccccc3CC(=O)O)cc3c2ccn3S(=O)(=O)Cc2ccccc2)c1. The van der Waals surface area contributed by atoms with Crippen LogP contribution < -0.4 is 10.5 Å². The van der Waals surface area contributed by atoms with E-state index >= 15 is 0 Å². The first kappa shape index (κ1) is 26.2. The summed E-state index contributed by atoms with van der Waals surface area (Å²) in [6.45, 7) is 0.507. The van der Waals surface area contributed by atoms with Crippen LogP contribution in [0.5, 0.6) is 5.75 Å². The zero-order valence-corrected chi connectivity index (χ0v) is 22.0. The van der Waals surface area contributed by atoms with Gasteiger partial charge in [-0.3, -0.25) is 4.79 Å². The second-order valence-electron chi connectivity index (χ2n) is 9.30. The Morgan fingerprint density at radius 2 is 1.59 bits per heavy atom. The van der Waals surface area contributed by atoms with Crippen molar-refractivity contribution in [2.24, 2.45) is 5.73 Å². The molecular formula is C31H28N2O5S. The Kier molecular flexibility index (Phi) is 7.49. The second kappa shape index (κ2) is 11.1. The van der Waals surface area contributed by atoms with Gasteiger partial charge in [0.25, 0.3) is 0 Å². The molecule has 5 rings (SSSR count). The maximum absolute atomic E-state index is 13.5. The molecule has 1 aromatic heterocycles. The van der Waals surface area contributed by atoms with Crippen LogP contribution in [0.3, 0.4) is 0 Å². The zero-order valence-electron chi connectivity index (χ0n) is 21.2. The quantitative estimate of drug-likeness (QED) is 0.247. The molecule has 0 atom stereocenters. The van der Waals surface area contributed by atoms with Crippen LogP contribution in [0.15, 0.2) is 103 Å². The summed E-state index contributed by atoms with van der Waals surface area (Å²) in [5.74, 6) is -0.617. The lowest BCUT2D eigenvalue weighted by Crippen LogP contribution is -2.14. The molecule has 0 amide bonds. The Balaban J connectivity index is 1.59. The van der Waals surface area contributed by atoms with Crippen molar-refractivity contribution >= 4 is 26.9 Å². The van der Waals surface area contributed by atoms with Crippen molar-refractivity contribution in [3.05, 3.63) is 126 Å². The first-order valence-electron chi connectivity index (χ1n) is 12.5. The first-order chi connectivity index (χ1) is 18.8. The molecule has 0 aliphatic rings. The third-order valence-corrected chi connectivity index (χ3v) is 8.12. The van der Waals surface area contributed by atoms with Crippen molar-refractivity contribution in [2.75, 3.05) is 0 Å². The van der Waals surface area contributed by atoms with E-state index in [0.717, 1.165) is 27.6 Å². The number of carboxylic acid groups (broad SMARTS) is 1. The molecule has 0 radical (unpaired) electrons. The van der Waals surface area contributed by atoms with Gasteiger partial charge in [-0.05, 0) is 58.1 Å². The largest absolute Gasteiger partial charge is 0.489 e. The van der Waals surface area contributed by atoms with E-state index in [-0.39, 0.29) is 18.8 Å². The predicted octanol–water partition coefficient (Wildman–Crippen LogP) is 5.35. The maximum atomic E-state index is 13.5. The van der Waals surface area contributed by atoms with Crippen LogP contribution in [-0.4, -0.2) is 23.5 Å². The lowest BCUT2D eigenvalue weighted by molar-refractivity contribution is -0.136. The molecule has 0 spiro atoms. The Morgan fingerprint density at radius 1 is 0.846 bits per heavy atom.